The van der Waals surface area contributed by atoms with Crippen LogP contribution in [0.3, 0.4) is 0 Å². The molecule has 1 aliphatic rings. The zero-order valence-electron chi connectivity index (χ0n) is 15.6. The Hall–Kier alpha value is -2.34. The van der Waals surface area contributed by atoms with Crippen LogP contribution >= 0.6 is 0 Å². The second-order valence-electron chi connectivity index (χ2n) is 6.91. The van der Waals surface area contributed by atoms with Gasteiger partial charge in [-0.05, 0) is 63.0 Å². The number of benzene rings is 1. The quantitative estimate of drug-likeness (QED) is 0.806. The van der Waals surface area contributed by atoms with Gasteiger partial charge in [-0.1, -0.05) is 0 Å². The molecule has 6 nitrogen and oxygen atoms in total. The van der Waals surface area contributed by atoms with E-state index in [1.54, 1.807) is 7.11 Å². The Morgan fingerprint density at radius 1 is 1.24 bits per heavy atom. The highest BCUT2D eigenvalue weighted by atomic mass is 16.5. The molecule has 1 aliphatic carbocycles. The van der Waals surface area contributed by atoms with Gasteiger partial charge in [-0.15, -0.1) is 0 Å². The molecule has 2 aromatic rings. The maximum absolute atomic E-state index is 5.58. The van der Waals surface area contributed by atoms with Crippen LogP contribution in [0.2, 0.25) is 0 Å². The molecule has 0 bridgehead atoms. The van der Waals surface area contributed by atoms with Crippen LogP contribution in [-0.4, -0.2) is 49.7 Å². The number of aryl methyl sites for hydroxylation is 1. The van der Waals surface area contributed by atoms with E-state index < -0.39 is 0 Å². The van der Waals surface area contributed by atoms with Crippen molar-refractivity contribution in [1.82, 2.24) is 14.9 Å². The first-order chi connectivity index (χ1) is 12.0. The summed E-state index contributed by atoms with van der Waals surface area (Å²) in [5.74, 6) is 3.62. The van der Waals surface area contributed by atoms with E-state index in [2.05, 4.69) is 45.7 Å². The Balaban J connectivity index is 1.81. The largest absolute Gasteiger partial charge is 0.496 e. The number of rotatable bonds is 7. The van der Waals surface area contributed by atoms with E-state index in [9.17, 15) is 0 Å². The van der Waals surface area contributed by atoms with Crippen LogP contribution in [-0.2, 0) is 0 Å². The van der Waals surface area contributed by atoms with E-state index >= 15 is 0 Å². The Labute approximate surface area is 149 Å². The molecule has 134 valence electrons. The maximum atomic E-state index is 5.58. The third-order valence-corrected chi connectivity index (χ3v) is 4.52. The molecule has 25 heavy (non-hydrogen) atoms. The van der Waals surface area contributed by atoms with Crippen molar-refractivity contribution in [2.75, 3.05) is 45.4 Å². The number of anilines is 3. The highest BCUT2D eigenvalue weighted by molar-refractivity contribution is 5.60. The van der Waals surface area contributed by atoms with Crippen LogP contribution in [0.25, 0.3) is 0 Å². The van der Waals surface area contributed by atoms with Gasteiger partial charge in [0.25, 0.3) is 0 Å². The number of ether oxygens (including phenoxy) is 1. The van der Waals surface area contributed by atoms with Crippen LogP contribution in [0, 0.1) is 12.8 Å². The Morgan fingerprint density at radius 3 is 2.72 bits per heavy atom. The predicted octanol–water partition coefficient (Wildman–Crippen LogP) is 3.24. The summed E-state index contributed by atoms with van der Waals surface area (Å²) in [5.41, 5.74) is 3.17. The van der Waals surface area contributed by atoms with Crippen molar-refractivity contribution in [2.45, 2.75) is 19.3 Å². The molecule has 1 fully saturated rings. The second-order valence-corrected chi connectivity index (χ2v) is 6.91. The molecule has 3 rings (SSSR count). The lowest BCUT2D eigenvalue weighted by atomic mass is 10.1. The second kappa shape index (κ2) is 7.27. The maximum Gasteiger partial charge on any atom is 0.229 e. The standard InChI is InChI=1S/C19H27N5O/c1-12-8-18(20-2)23-19(21-12)22-14-6-7-17(25-5)16(10-14)15-9-13(15)11-24(3)4/h6-8,10,13,15H,9,11H2,1-5H3,(H2,20,21,22,23)/t13-,15-/m0/s1. The van der Waals surface area contributed by atoms with Gasteiger partial charge in [-0.2, -0.15) is 4.98 Å². The molecule has 2 N–H and O–H groups in total. The summed E-state index contributed by atoms with van der Waals surface area (Å²) in [6.07, 6.45) is 1.21. The smallest absolute Gasteiger partial charge is 0.229 e. The molecular weight excluding hydrogens is 314 g/mol. The molecule has 1 saturated carbocycles. The summed E-state index contributed by atoms with van der Waals surface area (Å²) in [6, 6.07) is 8.12. The SMILES string of the molecule is CNc1cc(C)nc(Nc2ccc(OC)c([C@H]3C[C@H]3CN(C)C)c2)n1. The van der Waals surface area contributed by atoms with Crippen LogP contribution < -0.4 is 15.4 Å². The van der Waals surface area contributed by atoms with Gasteiger partial charge >= 0.3 is 0 Å². The van der Waals surface area contributed by atoms with Crippen LogP contribution in [0.5, 0.6) is 5.75 Å². The van der Waals surface area contributed by atoms with Gasteiger partial charge in [0, 0.05) is 31.0 Å². The highest BCUT2D eigenvalue weighted by Crippen LogP contribution is 2.51. The fraction of sp³-hybridized carbons (Fsp3) is 0.474. The number of aromatic nitrogens is 2. The monoisotopic (exact) mass is 341 g/mol. The molecule has 0 unspecified atom stereocenters. The summed E-state index contributed by atoms with van der Waals surface area (Å²) in [7, 11) is 7.84. The van der Waals surface area contributed by atoms with Crippen molar-refractivity contribution in [3.05, 3.63) is 35.5 Å². The van der Waals surface area contributed by atoms with Crippen molar-refractivity contribution in [3.63, 3.8) is 0 Å². The van der Waals surface area contributed by atoms with Crippen LogP contribution in [0.4, 0.5) is 17.5 Å². The number of hydrogen-bond acceptors (Lipinski definition) is 6. The third kappa shape index (κ3) is 4.20. The molecule has 2 atom stereocenters. The molecule has 0 saturated heterocycles. The lowest BCUT2D eigenvalue weighted by Gasteiger charge is -2.13. The number of nitrogens with zero attached hydrogens (tertiary/aromatic N) is 3. The number of hydrogen-bond donors (Lipinski definition) is 2. The molecular formula is C19H27N5O. The molecule has 0 radical (unpaired) electrons. The van der Waals surface area contributed by atoms with Crippen molar-refractivity contribution in [1.29, 1.82) is 0 Å². The molecule has 1 aromatic heterocycles. The van der Waals surface area contributed by atoms with Crippen LogP contribution in [0.15, 0.2) is 24.3 Å². The summed E-state index contributed by atoms with van der Waals surface area (Å²) in [4.78, 5) is 11.2. The summed E-state index contributed by atoms with van der Waals surface area (Å²) in [5, 5.41) is 6.38. The lowest BCUT2D eigenvalue weighted by molar-refractivity contribution is 0.382. The molecule has 0 spiro atoms. The van der Waals surface area contributed by atoms with Crippen molar-refractivity contribution in [2.24, 2.45) is 5.92 Å². The van der Waals surface area contributed by atoms with E-state index in [0.717, 1.165) is 29.5 Å². The number of nitrogens with one attached hydrogen (secondary N) is 2. The van der Waals surface area contributed by atoms with Crippen LogP contribution in [0.1, 0.15) is 23.6 Å². The first kappa shape index (κ1) is 17.5. The minimum absolute atomic E-state index is 0.561. The fourth-order valence-electron chi connectivity index (χ4n) is 3.28. The van der Waals surface area contributed by atoms with Gasteiger partial charge in [0.15, 0.2) is 0 Å². The van der Waals surface area contributed by atoms with E-state index in [4.69, 9.17) is 4.74 Å². The van der Waals surface area contributed by atoms with E-state index in [-0.39, 0.29) is 0 Å². The summed E-state index contributed by atoms with van der Waals surface area (Å²) < 4.78 is 5.58. The zero-order valence-corrected chi connectivity index (χ0v) is 15.6. The van der Waals surface area contributed by atoms with E-state index in [1.807, 2.05) is 32.2 Å². The summed E-state index contributed by atoms with van der Waals surface area (Å²) >= 11 is 0. The first-order valence-corrected chi connectivity index (χ1v) is 8.63. The van der Waals surface area contributed by atoms with Gasteiger partial charge in [0.2, 0.25) is 5.95 Å². The molecule has 1 aromatic carbocycles. The Morgan fingerprint density at radius 2 is 2.04 bits per heavy atom. The average molecular weight is 341 g/mol. The Bertz CT molecular complexity index is 747. The van der Waals surface area contributed by atoms with Gasteiger partial charge in [0.05, 0.1) is 7.11 Å². The topological polar surface area (TPSA) is 62.3 Å². The number of methoxy groups -OCH3 is 1. The Kier molecular flexibility index (Phi) is 5.08. The lowest BCUT2D eigenvalue weighted by Crippen LogP contribution is -2.15. The fourth-order valence-corrected chi connectivity index (χ4v) is 3.28. The van der Waals surface area contributed by atoms with E-state index in [0.29, 0.717) is 17.8 Å². The highest BCUT2D eigenvalue weighted by Gasteiger charge is 2.40. The first-order valence-electron chi connectivity index (χ1n) is 8.63. The van der Waals surface area contributed by atoms with E-state index in [1.165, 1.54) is 12.0 Å². The minimum atomic E-state index is 0.561. The van der Waals surface area contributed by atoms with Gasteiger partial charge in [-0.3, -0.25) is 0 Å². The third-order valence-electron chi connectivity index (χ3n) is 4.52. The zero-order chi connectivity index (χ0) is 18.0. The van der Waals surface area contributed by atoms with Crippen molar-refractivity contribution in [3.8, 4) is 5.75 Å². The average Bonchev–Trinajstić information content (AvgIpc) is 3.32. The van der Waals surface area contributed by atoms with Crippen molar-refractivity contribution >= 4 is 17.5 Å². The summed E-state index contributed by atoms with van der Waals surface area (Å²) in [6.45, 7) is 3.07. The molecule has 0 aliphatic heterocycles. The normalized spacial score (nSPS) is 19.0. The predicted molar refractivity (Wildman–Crippen MR) is 102 cm³/mol. The van der Waals surface area contributed by atoms with Crippen molar-refractivity contribution < 1.29 is 4.74 Å². The van der Waals surface area contributed by atoms with Gasteiger partial charge < -0.3 is 20.3 Å². The molecule has 0 amide bonds. The van der Waals surface area contributed by atoms with Gasteiger partial charge in [0.1, 0.15) is 11.6 Å². The molecule has 1 heterocycles. The minimum Gasteiger partial charge on any atom is -0.496 e. The van der Waals surface area contributed by atoms with Gasteiger partial charge in [-0.25, -0.2) is 4.98 Å². The molecule has 6 heteroatoms.